The minimum Gasteiger partial charge on any atom is -0.376 e. The van der Waals surface area contributed by atoms with Crippen LogP contribution in [0.1, 0.15) is 32.3 Å². The van der Waals surface area contributed by atoms with Crippen LogP contribution in [0.3, 0.4) is 0 Å². The number of anilines is 1. The van der Waals surface area contributed by atoms with E-state index in [9.17, 15) is 18.0 Å². The van der Waals surface area contributed by atoms with Crippen LogP contribution in [0, 0.1) is 0 Å². The second-order valence-corrected chi connectivity index (χ2v) is 4.48. The van der Waals surface area contributed by atoms with Gasteiger partial charge in [-0.2, -0.15) is 13.2 Å². The van der Waals surface area contributed by atoms with E-state index >= 15 is 0 Å². The van der Waals surface area contributed by atoms with Crippen LogP contribution in [-0.4, -0.2) is 18.5 Å². The van der Waals surface area contributed by atoms with E-state index in [1.807, 2.05) is 13.8 Å². The molecule has 6 heteroatoms. The Morgan fingerprint density at radius 3 is 2.35 bits per heavy atom. The van der Waals surface area contributed by atoms with Gasteiger partial charge < -0.3 is 10.6 Å². The van der Waals surface area contributed by atoms with Crippen molar-refractivity contribution in [2.75, 3.05) is 11.9 Å². The molecule has 0 aromatic heterocycles. The molecule has 1 amide bonds. The Morgan fingerprint density at radius 1 is 1.20 bits per heavy atom. The minimum absolute atomic E-state index is 0.0576. The molecule has 0 spiro atoms. The molecule has 0 bridgehead atoms. The molecule has 0 saturated carbocycles. The highest BCUT2D eigenvalue weighted by Gasteiger charge is 2.33. The van der Waals surface area contributed by atoms with E-state index in [1.54, 1.807) is 0 Å². The highest BCUT2D eigenvalue weighted by molar-refractivity contribution is 5.81. The number of alkyl halides is 3. The molecule has 0 aliphatic carbocycles. The third-order valence-electron chi connectivity index (χ3n) is 3.02. The molecule has 0 aliphatic heterocycles. The molecule has 1 aromatic rings. The van der Waals surface area contributed by atoms with Crippen LogP contribution in [0.15, 0.2) is 24.3 Å². The first-order valence-corrected chi connectivity index (χ1v) is 6.57. The fraction of sp³-hybridized carbons (Fsp3) is 0.500. The lowest BCUT2D eigenvalue weighted by molar-refractivity contribution is -0.137. The maximum atomic E-state index is 12.8. The van der Waals surface area contributed by atoms with Gasteiger partial charge in [0.25, 0.3) is 0 Å². The van der Waals surface area contributed by atoms with Crippen molar-refractivity contribution in [3.63, 3.8) is 0 Å². The van der Waals surface area contributed by atoms with Crippen molar-refractivity contribution in [3.05, 3.63) is 29.8 Å². The molecule has 0 atom stereocenters. The summed E-state index contributed by atoms with van der Waals surface area (Å²) in [4.78, 5) is 11.7. The lowest BCUT2D eigenvalue weighted by Gasteiger charge is -2.17. The van der Waals surface area contributed by atoms with Gasteiger partial charge in [0.2, 0.25) is 5.91 Å². The fourth-order valence-corrected chi connectivity index (χ4v) is 1.83. The third-order valence-corrected chi connectivity index (χ3v) is 3.02. The second kappa shape index (κ2) is 7.17. The summed E-state index contributed by atoms with van der Waals surface area (Å²) >= 11 is 0. The number of rotatable bonds is 6. The zero-order valence-corrected chi connectivity index (χ0v) is 11.6. The van der Waals surface area contributed by atoms with E-state index in [0.717, 1.165) is 18.9 Å². The fourth-order valence-electron chi connectivity index (χ4n) is 1.83. The van der Waals surface area contributed by atoms with E-state index < -0.39 is 11.7 Å². The Balaban J connectivity index is 2.64. The van der Waals surface area contributed by atoms with Gasteiger partial charge in [-0.15, -0.1) is 0 Å². The van der Waals surface area contributed by atoms with E-state index in [0.29, 0.717) is 0 Å². The lowest BCUT2D eigenvalue weighted by Crippen LogP contribution is -2.37. The SMILES string of the molecule is CCC(CC)NC(=O)CNc1ccccc1C(F)(F)F. The maximum Gasteiger partial charge on any atom is 0.418 e. The number of benzene rings is 1. The lowest BCUT2D eigenvalue weighted by atomic mass is 10.1. The summed E-state index contributed by atoms with van der Waals surface area (Å²) in [6, 6.07) is 5.17. The van der Waals surface area contributed by atoms with Gasteiger partial charge in [0.15, 0.2) is 0 Å². The molecule has 0 saturated heterocycles. The van der Waals surface area contributed by atoms with Crippen LogP contribution in [0.4, 0.5) is 18.9 Å². The normalized spacial score (nSPS) is 11.5. The summed E-state index contributed by atoms with van der Waals surface area (Å²) < 4.78 is 38.3. The zero-order valence-electron chi connectivity index (χ0n) is 11.6. The number of carbonyl (C=O) groups is 1. The number of hydrogen-bond acceptors (Lipinski definition) is 2. The molecule has 3 nitrogen and oxygen atoms in total. The van der Waals surface area contributed by atoms with Gasteiger partial charge >= 0.3 is 6.18 Å². The van der Waals surface area contributed by atoms with Crippen molar-refractivity contribution in [1.29, 1.82) is 0 Å². The van der Waals surface area contributed by atoms with Crippen molar-refractivity contribution in [2.24, 2.45) is 0 Å². The first kappa shape index (κ1) is 16.3. The number of nitrogens with one attached hydrogen (secondary N) is 2. The summed E-state index contributed by atoms with van der Waals surface area (Å²) in [7, 11) is 0. The third kappa shape index (κ3) is 4.75. The zero-order chi connectivity index (χ0) is 15.2. The van der Waals surface area contributed by atoms with E-state index in [2.05, 4.69) is 10.6 Å². The maximum absolute atomic E-state index is 12.8. The molecule has 0 fully saturated rings. The monoisotopic (exact) mass is 288 g/mol. The topological polar surface area (TPSA) is 41.1 Å². The van der Waals surface area contributed by atoms with Gasteiger partial charge in [-0.25, -0.2) is 0 Å². The molecule has 0 heterocycles. The number of carbonyl (C=O) groups excluding carboxylic acids is 1. The van der Waals surface area contributed by atoms with E-state index in [4.69, 9.17) is 0 Å². The predicted octanol–water partition coefficient (Wildman–Crippen LogP) is 3.42. The molecule has 112 valence electrons. The van der Waals surface area contributed by atoms with Crippen LogP contribution in [0.5, 0.6) is 0 Å². The van der Waals surface area contributed by atoms with Crippen LogP contribution < -0.4 is 10.6 Å². The highest BCUT2D eigenvalue weighted by atomic mass is 19.4. The van der Waals surface area contributed by atoms with Gasteiger partial charge in [0.1, 0.15) is 0 Å². The first-order valence-electron chi connectivity index (χ1n) is 6.57. The summed E-state index contributed by atoms with van der Waals surface area (Å²) in [6.07, 6.45) is -2.85. The summed E-state index contributed by atoms with van der Waals surface area (Å²) in [5.41, 5.74) is -0.852. The average Bonchev–Trinajstić information content (AvgIpc) is 2.41. The number of hydrogen-bond donors (Lipinski definition) is 2. The van der Waals surface area contributed by atoms with Crippen molar-refractivity contribution < 1.29 is 18.0 Å². The molecule has 1 aromatic carbocycles. The second-order valence-electron chi connectivity index (χ2n) is 4.48. The van der Waals surface area contributed by atoms with Gasteiger partial charge in [0, 0.05) is 11.7 Å². The Bertz CT molecular complexity index is 442. The minimum atomic E-state index is -4.44. The predicted molar refractivity (Wildman–Crippen MR) is 72.4 cm³/mol. The van der Waals surface area contributed by atoms with Crippen molar-refractivity contribution in [3.8, 4) is 0 Å². The van der Waals surface area contributed by atoms with Gasteiger partial charge in [-0.3, -0.25) is 4.79 Å². The smallest absolute Gasteiger partial charge is 0.376 e. The van der Waals surface area contributed by atoms with Crippen LogP contribution in [-0.2, 0) is 11.0 Å². The quantitative estimate of drug-likeness (QED) is 0.842. The summed E-state index contributed by atoms with van der Waals surface area (Å²) in [5.74, 6) is -0.310. The summed E-state index contributed by atoms with van der Waals surface area (Å²) in [6.45, 7) is 3.71. The van der Waals surface area contributed by atoms with Crippen LogP contribution in [0.25, 0.3) is 0 Å². The van der Waals surface area contributed by atoms with E-state index in [-0.39, 0.29) is 24.2 Å². The number of para-hydroxylation sites is 1. The molecular formula is C14H19F3N2O. The molecule has 0 radical (unpaired) electrons. The standard InChI is InChI=1S/C14H19F3N2O/c1-3-10(4-2)19-13(20)9-18-12-8-6-5-7-11(12)14(15,16)17/h5-8,10,18H,3-4,9H2,1-2H3,(H,19,20). The Hall–Kier alpha value is -1.72. The Morgan fingerprint density at radius 2 is 1.80 bits per heavy atom. The molecular weight excluding hydrogens is 269 g/mol. The highest BCUT2D eigenvalue weighted by Crippen LogP contribution is 2.34. The molecule has 0 unspecified atom stereocenters. The average molecular weight is 288 g/mol. The molecule has 20 heavy (non-hydrogen) atoms. The van der Waals surface area contributed by atoms with Gasteiger partial charge in [0.05, 0.1) is 12.1 Å². The number of amides is 1. The first-order chi connectivity index (χ1) is 9.38. The van der Waals surface area contributed by atoms with E-state index in [1.165, 1.54) is 18.2 Å². The van der Waals surface area contributed by atoms with Crippen LogP contribution in [0.2, 0.25) is 0 Å². The molecule has 1 rings (SSSR count). The van der Waals surface area contributed by atoms with Gasteiger partial charge in [-0.1, -0.05) is 26.0 Å². The van der Waals surface area contributed by atoms with Crippen molar-refractivity contribution >= 4 is 11.6 Å². The van der Waals surface area contributed by atoms with Gasteiger partial charge in [-0.05, 0) is 25.0 Å². The molecule has 2 N–H and O–H groups in total. The van der Waals surface area contributed by atoms with Crippen LogP contribution >= 0.6 is 0 Å². The van der Waals surface area contributed by atoms with Crippen molar-refractivity contribution in [1.82, 2.24) is 5.32 Å². The van der Waals surface area contributed by atoms with Crippen molar-refractivity contribution in [2.45, 2.75) is 38.9 Å². The number of halogens is 3. The molecule has 0 aliphatic rings. The Labute approximate surface area is 116 Å². The largest absolute Gasteiger partial charge is 0.418 e. The summed E-state index contributed by atoms with van der Waals surface area (Å²) in [5, 5.41) is 5.30. The Kier molecular flexibility index (Phi) is 5.85.